The van der Waals surface area contributed by atoms with Gasteiger partial charge in [-0.05, 0) is 12.5 Å². The van der Waals surface area contributed by atoms with Crippen LogP contribution in [0.2, 0.25) is 0 Å². The second-order valence-corrected chi connectivity index (χ2v) is 5.19. The van der Waals surface area contributed by atoms with Crippen molar-refractivity contribution >= 4 is 17.0 Å². The summed E-state index contributed by atoms with van der Waals surface area (Å²) in [5, 5.41) is 8.19. The van der Waals surface area contributed by atoms with E-state index in [-0.39, 0.29) is 6.04 Å². The fraction of sp³-hybridized carbons (Fsp3) is 0.312. The largest absolute Gasteiger partial charge is 0.477 e. The van der Waals surface area contributed by atoms with E-state index in [1.165, 1.54) is 0 Å². The fourth-order valence-electron chi connectivity index (χ4n) is 2.34. The zero-order chi connectivity index (χ0) is 16.2. The number of rotatable bonds is 6. The van der Waals surface area contributed by atoms with Crippen molar-refractivity contribution in [2.45, 2.75) is 13.0 Å². The third kappa shape index (κ3) is 3.24. The van der Waals surface area contributed by atoms with Gasteiger partial charge in [-0.25, -0.2) is 0 Å². The molecule has 7 nitrogen and oxygen atoms in total. The Labute approximate surface area is 134 Å². The Kier molecular flexibility index (Phi) is 4.38. The summed E-state index contributed by atoms with van der Waals surface area (Å²) in [5.74, 6) is 1.01. The van der Waals surface area contributed by atoms with E-state index in [0.717, 1.165) is 16.6 Å². The molecule has 3 rings (SSSR count). The molecular weight excluding hydrogens is 292 g/mol. The van der Waals surface area contributed by atoms with Crippen molar-refractivity contribution in [1.82, 2.24) is 19.7 Å². The molecule has 2 heterocycles. The van der Waals surface area contributed by atoms with E-state index in [1.54, 1.807) is 10.9 Å². The Hall–Kier alpha value is -2.67. The Morgan fingerprint density at radius 3 is 2.78 bits per heavy atom. The molecule has 1 unspecified atom stereocenters. The lowest BCUT2D eigenvalue weighted by Gasteiger charge is -2.14. The normalized spacial score (nSPS) is 12.3. The van der Waals surface area contributed by atoms with Crippen molar-refractivity contribution in [1.29, 1.82) is 0 Å². The molecule has 0 bridgehead atoms. The molecule has 0 aliphatic heterocycles. The zero-order valence-corrected chi connectivity index (χ0v) is 13.2. The zero-order valence-electron chi connectivity index (χ0n) is 13.2. The van der Waals surface area contributed by atoms with E-state index in [2.05, 4.69) is 20.4 Å². The van der Waals surface area contributed by atoms with E-state index < -0.39 is 0 Å². The van der Waals surface area contributed by atoms with Crippen LogP contribution in [0.3, 0.4) is 0 Å². The molecule has 3 aromatic rings. The number of anilines is 1. The summed E-state index contributed by atoms with van der Waals surface area (Å²) in [7, 11) is 1.84. The summed E-state index contributed by atoms with van der Waals surface area (Å²) >= 11 is 0. The third-order valence-corrected chi connectivity index (χ3v) is 3.55. The first-order valence-corrected chi connectivity index (χ1v) is 7.56. The molecule has 0 aliphatic rings. The number of hydrogen-bond donors (Lipinski definition) is 2. The molecule has 3 N–H and O–H groups in total. The van der Waals surface area contributed by atoms with Gasteiger partial charge in [0.1, 0.15) is 5.39 Å². The third-order valence-electron chi connectivity index (χ3n) is 3.55. The quantitative estimate of drug-likeness (QED) is 0.722. The van der Waals surface area contributed by atoms with Gasteiger partial charge in [-0.3, -0.25) is 4.68 Å². The summed E-state index contributed by atoms with van der Waals surface area (Å²) in [6.07, 6.45) is 1.71. The highest BCUT2D eigenvalue weighted by Crippen LogP contribution is 2.23. The second-order valence-electron chi connectivity index (χ2n) is 5.19. The maximum Gasteiger partial charge on any atom is 0.229 e. The lowest BCUT2D eigenvalue weighted by atomic mass is 10.1. The predicted molar refractivity (Wildman–Crippen MR) is 89.3 cm³/mol. The minimum Gasteiger partial charge on any atom is -0.477 e. The minimum absolute atomic E-state index is 0.141. The first kappa shape index (κ1) is 15.2. The molecule has 1 atom stereocenters. The molecule has 0 radical (unpaired) electrons. The molecule has 23 heavy (non-hydrogen) atoms. The van der Waals surface area contributed by atoms with Gasteiger partial charge in [-0.1, -0.05) is 30.3 Å². The van der Waals surface area contributed by atoms with E-state index in [4.69, 9.17) is 10.5 Å². The van der Waals surface area contributed by atoms with Crippen LogP contribution >= 0.6 is 0 Å². The summed E-state index contributed by atoms with van der Waals surface area (Å²) < 4.78 is 7.29. The number of nitrogens with zero attached hydrogens (tertiary/aromatic N) is 4. The number of benzene rings is 1. The number of aryl methyl sites for hydroxylation is 1. The molecule has 0 amide bonds. The molecule has 0 saturated heterocycles. The van der Waals surface area contributed by atoms with E-state index in [1.807, 2.05) is 44.3 Å². The van der Waals surface area contributed by atoms with Crippen LogP contribution in [-0.4, -0.2) is 32.9 Å². The van der Waals surface area contributed by atoms with Gasteiger partial charge in [-0.15, -0.1) is 0 Å². The maximum absolute atomic E-state index is 6.20. The van der Waals surface area contributed by atoms with Crippen molar-refractivity contribution in [2.75, 3.05) is 18.5 Å². The Morgan fingerprint density at radius 2 is 2.04 bits per heavy atom. The lowest BCUT2D eigenvalue weighted by Crippen LogP contribution is -2.21. The summed E-state index contributed by atoms with van der Waals surface area (Å²) in [6.45, 7) is 2.98. The van der Waals surface area contributed by atoms with Crippen molar-refractivity contribution < 1.29 is 4.74 Å². The Bertz CT molecular complexity index is 786. The Balaban J connectivity index is 1.81. The minimum atomic E-state index is -0.141. The van der Waals surface area contributed by atoms with Gasteiger partial charge < -0.3 is 15.8 Å². The first-order chi connectivity index (χ1) is 11.2. The molecule has 7 heteroatoms. The van der Waals surface area contributed by atoms with E-state index >= 15 is 0 Å². The highest BCUT2D eigenvalue weighted by Gasteiger charge is 2.13. The van der Waals surface area contributed by atoms with Gasteiger partial charge >= 0.3 is 0 Å². The van der Waals surface area contributed by atoms with Crippen LogP contribution in [0.4, 0.5) is 5.95 Å². The molecule has 0 aliphatic carbocycles. The highest BCUT2D eigenvalue weighted by molar-refractivity contribution is 5.81. The lowest BCUT2D eigenvalue weighted by molar-refractivity contribution is 0.331. The molecule has 0 saturated carbocycles. The van der Waals surface area contributed by atoms with Crippen molar-refractivity contribution in [3.63, 3.8) is 0 Å². The summed E-state index contributed by atoms with van der Waals surface area (Å²) in [4.78, 5) is 8.90. The van der Waals surface area contributed by atoms with Crippen LogP contribution in [0.15, 0.2) is 36.5 Å². The van der Waals surface area contributed by atoms with Crippen molar-refractivity contribution in [3.05, 3.63) is 42.1 Å². The predicted octanol–water partition coefficient (Wildman–Crippen LogP) is 1.87. The van der Waals surface area contributed by atoms with Crippen LogP contribution in [-0.2, 0) is 7.05 Å². The van der Waals surface area contributed by atoms with Crippen LogP contribution in [0.1, 0.15) is 18.5 Å². The van der Waals surface area contributed by atoms with E-state index in [0.29, 0.717) is 25.0 Å². The van der Waals surface area contributed by atoms with Crippen molar-refractivity contribution in [3.8, 4) is 5.88 Å². The number of aromatic nitrogens is 4. The summed E-state index contributed by atoms with van der Waals surface area (Å²) in [5.41, 5.74) is 7.98. The average molecular weight is 312 g/mol. The Morgan fingerprint density at radius 1 is 1.26 bits per heavy atom. The van der Waals surface area contributed by atoms with Crippen LogP contribution in [0.25, 0.3) is 11.0 Å². The molecule has 1 aromatic carbocycles. The smallest absolute Gasteiger partial charge is 0.229 e. The van der Waals surface area contributed by atoms with Crippen LogP contribution < -0.4 is 15.8 Å². The number of hydrogen-bond acceptors (Lipinski definition) is 6. The first-order valence-electron chi connectivity index (χ1n) is 7.56. The molecule has 2 aromatic heterocycles. The molecule has 0 spiro atoms. The van der Waals surface area contributed by atoms with Crippen LogP contribution in [0, 0.1) is 0 Å². The van der Waals surface area contributed by atoms with Gasteiger partial charge in [-0.2, -0.15) is 15.1 Å². The fourth-order valence-corrected chi connectivity index (χ4v) is 2.34. The van der Waals surface area contributed by atoms with Crippen LogP contribution in [0.5, 0.6) is 5.88 Å². The summed E-state index contributed by atoms with van der Waals surface area (Å²) in [6, 6.07) is 9.78. The van der Waals surface area contributed by atoms with Gasteiger partial charge in [0.05, 0.1) is 12.8 Å². The van der Waals surface area contributed by atoms with Crippen molar-refractivity contribution in [2.24, 2.45) is 12.8 Å². The maximum atomic E-state index is 6.20. The number of nitrogens with one attached hydrogen (secondary N) is 1. The van der Waals surface area contributed by atoms with Gasteiger partial charge in [0, 0.05) is 19.6 Å². The molecule has 120 valence electrons. The topological polar surface area (TPSA) is 90.9 Å². The standard InChI is InChI=1S/C16H20N6O/c1-3-23-15-12-9-19-22(2)14(12)20-16(21-15)18-10-13(17)11-7-5-4-6-8-11/h4-9,13H,3,10,17H2,1-2H3,(H,18,20,21). The SMILES string of the molecule is CCOc1nc(NCC(N)c2ccccc2)nc2c1cnn2C. The molecular formula is C16H20N6O. The second kappa shape index (κ2) is 6.62. The average Bonchev–Trinajstić information content (AvgIpc) is 2.95. The number of fused-ring (bicyclic) bond motifs is 1. The highest BCUT2D eigenvalue weighted by atomic mass is 16.5. The van der Waals surface area contributed by atoms with Gasteiger partial charge in [0.25, 0.3) is 0 Å². The van der Waals surface area contributed by atoms with Gasteiger partial charge in [0.2, 0.25) is 11.8 Å². The van der Waals surface area contributed by atoms with E-state index in [9.17, 15) is 0 Å². The number of nitrogens with two attached hydrogens (primary N) is 1. The molecule has 0 fully saturated rings. The monoisotopic (exact) mass is 312 g/mol. The van der Waals surface area contributed by atoms with Gasteiger partial charge in [0.15, 0.2) is 5.65 Å². The number of ether oxygens (including phenoxy) is 1.